The second-order valence-electron chi connectivity index (χ2n) is 29.8. The molecule has 0 rings (SSSR count). The first kappa shape index (κ1) is 95.1. The minimum atomic E-state index is -4.96. The van der Waals surface area contributed by atoms with E-state index in [-0.39, 0.29) is 25.7 Å². The molecule has 0 aliphatic carbocycles. The number of unbranched alkanes of at least 4 members (excludes halogenated alkanes) is 40. The van der Waals surface area contributed by atoms with Crippen molar-refractivity contribution in [1.82, 2.24) is 0 Å². The average molecular weight is 1420 g/mol. The van der Waals surface area contributed by atoms with E-state index in [1.54, 1.807) is 0 Å². The van der Waals surface area contributed by atoms with Gasteiger partial charge in [-0.25, -0.2) is 9.13 Å². The Kier molecular flexibility index (Phi) is 65.9. The van der Waals surface area contributed by atoms with Crippen LogP contribution in [0.4, 0.5) is 0 Å². The van der Waals surface area contributed by atoms with Crippen LogP contribution in [0.15, 0.2) is 0 Å². The number of aliphatic hydroxyl groups excluding tert-OH is 1. The zero-order valence-electron chi connectivity index (χ0n) is 63.7. The van der Waals surface area contributed by atoms with Crippen LogP contribution in [0.25, 0.3) is 0 Å². The van der Waals surface area contributed by atoms with Crippen LogP contribution in [-0.4, -0.2) is 96.7 Å². The summed E-state index contributed by atoms with van der Waals surface area (Å²) >= 11 is 0. The molecule has 0 heterocycles. The van der Waals surface area contributed by atoms with E-state index in [9.17, 15) is 43.2 Å². The summed E-state index contributed by atoms with van der Waals surface area (Å²) in [5.74, 6) is 0.940. The first-order chi connectivity index (χ1) is 46.6. The number of carbonyl (C=O) groups is 4. The molecule has 0 fully saturated rings. The topological polar surface area (TPSA) is 237 Å². The van der Waals surface area contributed by atoms with Crippen LogP contribution in [0.2, 0.25) is 0 Å². The van der Waals surface area contributed by atoms with Crippen LogP contribution in [0.5, 0.6) is 0 Å². The van der Waals surface area contributed by atoms with Crippen LogP contribution in [0.1, 0.15) is 396 Å². The van der Waals surface area contributed by atoms with Crippen LogP contribution in [0, 0.1) is 23.7 Å². The molecule has 0 aliphatic rings. The Hall–Kier alpha value is -1.94. The first-order valence-corrected chi connectivity index (χ1v) is 43.2. The van der Waals surface area contributed by atoms with E-state index in [0.717, 1.165) is 114 Å². The Labute approximate surface area is 594 Å². The van der Waals surface area contributed by atoms with Gasteiger partial charge in [0.25, 0.3) is 0 Å². The summed E-state index contributed by atoms with van der Waals surface area (Å²) < 4.78 is 68.5. The third kappa shape index (κ3) is 70.9. The second kappa shape index (κ2) is 67.2. The molecule has 3 N–H and O–H groups in total. The quantitative estimate of drug-likeness (QED) is 0.0222. The molecule has 0 aromatic rings. The lowest BCUT2D eigenvalue weighted by Gasteiger charge is -2.21. The normalized spacial score (nSPS) is 14.4. The second-order valence-corrected chi connectivity index (χ2v) is 32.7. The third-order valence-corrected chi connectivity index (χ3v) is 20.3. The molecule has 0 amide bonds. The fraction of sp³-hybridized carbons (Fsp3) is 0.949. The van der Waals surface area contributed by atoms with E-state index in [4.69, 9.17) is 37.0 Å². The third-order valence-electron chi connectivity index (χ3n) is 18.4. The van der Waals surface area contributed by atoms with Gasteiger partial charge in [0, 0.05) is 25.7 Å². The van der Waals surface area contributed by atoms with Gasteiger partial charge >= 0.3 is 39.5 Å². The van der Waals surface area contributed by atoms with E-state index in [2.05, 4.69) is 55.4 Å². The van der Waals surface area contributed by atoms with Crippen molar-refractivity contribution in [3.05, 3.63) is 0 Å². The minimum absolute atomic E-state index is 0.105. The Morgan fingerprint density at radius 3 is 0.732 bits per heavy atom. The molecule has 0 spiro atoms. The zero-order valence-corrected chi connectivity index (χ0v) is 65.5. The highest BCUT2D eigenvalue weighted by molar-refractivity contribution is 7.47. The molecule has 6 atom stereocenters. The van der Waals surface area contributed by atoms with Crippen LogP contribution >= 0.6 is 15.6 Å². The fourth-order valence-electron chi connectivity index (χ4n) is 11.9. The highest BCUT2D eigenvalue weighted by atomic mass is 31.2. The molecule has 97 heavy (non-hydrogen) atoms. The summed E-state index contributed by atoms with van der Waals surface area (Å²) in [6, 6.07) is 0. The molecule has 3 unspecified atom stereocenters. The zero-order chi connectivity index (χ0) is 71.7. The molecule has 0 bridgehead atoms. The summed E-state index contributed by atoms with van der Waals surface area (Å²) in [4.78, 5) is 72.8. The Morgan fingerprint density at radius 2 is 0.495 bits per heavy atom. The van der Waals surface area contributed by atoms with Gasteiger partial charge in [0.15, 0.2) is 12.2 Å². The molecule has 19 heteroatoms. The fourth-order valence-corrected chi connectivity index (χ4v) is 13.5. The number of esters is 4. The van der Waals surface area contributed by atoms with Gasteiger partial charge in [0.1, 0.15) is 19.3 Å². The summed E-state index contributed by atoms with van der Waals surface area (Å²) in [5.41, 5.74) is 0. The van der Waals surface area contributed by atoms with Crippen molar-refractivity contribution in [2.75, 3.05) is 39.6 Å². The monoisotopic (exact) mass is 1420 g/mol. The van der Waals surface area contributed by atoms with Gasteiger partial charge in [-0.3, -0.25) is 37.3 Å². The number of rotatable bonds is 75. The minimum Gasteiger partial charge on any atom is -0.462 e. The lowest BCUT2D eigenvalue weighted by molar-refractivity contribution is -0.161. The molecule has 0 saturated heterocycles. The van der Waals surface area contributed by atoms with Crippen molar-refractivity contribution in [1.29, 1.82) is 0 Å². The van der Waals surface area contributed by atoms with E-state index in [0.29, 0.717) is 31.6 Å². The lowest BCUT2D eigenvalue weighted by atomic mass is 9.99. The molecular weight excluding hydrogens is 1270 g/mol. The van der Waals surface area contributed by atoms with E-state index < -0.39 is 97.5 Å². The number of phosphoric ester groups is 2. The maximum absolute atomic E-state index is 13.1. The van der Waals surface area contributed by atoms with E-state index in [1.165, 1.54) is 193 Å². The van der Waals surface area contributed by atoms with Crippen LogP contribution < -0.4 is 0 Å². The highest BCUT2D eigenvalue weighted by Gasteiger charge is 2.30. The molecule has 0 aromatic heterocycles. The van der Waals surface area contributed by atoms with Crippen LogP contribution in [-0.2, 0) is 65.4 Å². The van der Waals surface area contributed by atoms with Gasteiger partial charge in [0.05, 0.1) is 26.4 Å². The van der Waals surface area contributed by atoms with Gasteiger partial charge in [-0.05, 0) is 49.4 Å². The maximum Gasteiger partial charge on any atom is 0.472 e. The highest BCUT2D eigenvalue weighted by Crippen LogP contribution is 2.45. The number of ether oxygens (including phenoxy) is 4. The Morgan fingerprint density at radius 1 is 0.289 bits per heavy atom. The number of hydrogen-bond donors (Lipinski definition) is 3. The molecule has 0 radical (unpaired) electrons. The summed E-state index contributed by atoms with van der Waals surface area (Å²) in [6.07, 6.45) is 53.0. The predicted octanol–water partition coefficient (Wildman–Crippen LogP) is 22.8. The SMILES string of the molecule is CCC(C)CCCCCCCCCCCCCCCCCCCCC(=O)O[C@H](COC(=O)CCCCCCCCCCCCC(C)C)COP(=O)(O)OC[C@@H](O)COP(=O)(O)OC[C@@H](COC(=O)CCCCCCCCC(C)C)OC(=O)CCCCCCCCCCCCC(C)C. The Bertz CT molecular complexity index is 1900. The molecule has 0 saturated carbocycles. The smallest absolute Gasteiger partial charge is 0.462 e. The number of phosphoric acid groups is 2. The number of aliphatic hydroxyl groups is 1. The number of hydrogen-bond acceptors (Lipinski definition) is 15. The molecule has 17 nitrogen and oxygen atoms in total. The van der Waals surface area contributed by atoms with Crippen LogP contribution in [0.3, 0.4) is 0 Å². The van der Waals surface area contributed by atoms with Gasteiger partial charge in [-0.1, -0.05) is 344 Å². The predicted molar refractivity (Wildman–Crippen MR) is 395 cm³/mol. The van der Waals surface area contributed by atoms with Crippen molar-refractivity contribution >= 4 is 39.5 Å². The number of carbonyl (C=O) groups excluding carboxylic acids is 4. The van der Waals surface area contributed by atoms with E-state index in [1.807, 2.05) is 0 Å². The van der Waals surface area contributed by atoms with Crippen molar-refractivity contribution in [3.8, 4) is 0 Å². The Balaban J connectivity index is 5.19. The average Bonchev–Trinajstić information content (AvgIpc) is 1.32. The van der Waals surface area contributed by atoms with Gasteiger partial charge in [-0.2, -0.15) is 0 Å². The van der Waals surface area contributed by atoms with Gasteiger partial charge < -0.3 is 33.8 Å². The first-order valence-electron chi connectivity index (χ1n) is 40.2. The summed E-state index contributed by atoms with van der Waals surface area (Å²) in [5, 5.41) is 10.6. The van der Waals surface area contributed by atoms with Crippen molar-refractivity contribution < 1.29 is 80.2 Å². The van der Waals surface area contributed by atoms with Gasteiger partial charge in [-0.15, -0.1) is 0 Å². The van der Waals surface area contributed by atoms with Gasteiger partial charge in [0.2, 0.25) is 0 Å². The van der Waals surface area contributed by atoms with Crippen molar-refractivity contribution in [2.24, 2.45) is 23.7 Å². The molecule has 576 valence electrons. The standard InChI is InChI=1S/C78H152O17P2/c1-9-71(8)57-49-41-32-26-18-16-14-12-10-11-13-15-17-19-28-34-44-52-60-77(82)94-73(64-88-75(80)58-50-42-33-27-22-20-24-30-38-46-54-68(2)3)66-92-96(84,85)90-62-72(79)63-91-97(86,87)93-67-74(65-89-76(81)59-51-43-37-36-40-48-56-70(6)7)95-78(83)61-53-45-35-29-23-21-25-31-39-47-55-69(4)5/h68-74,79H,9-67H2,1-8H3,(H,84,85)(H,86,87)/t71?,72-,73-,74-/m1/s1. The molecular formula is C78H152O17P2. The largest absolute Gasteiger partial charge is 0.472 e. The summed E-state index contributed by atoms with van der Waals surface area (Å²) in [6.45, 7) is 14.2. The molecule has 0 aliphatic heterocycles. The lowest BCUT2D eigenvalue weighted by Crippen LogP contribution is -2.30. The molecule has 0 aromatic carbocycles. The maximum atomic E-state index is 13.1. The van der Waals surface area contributed by atoms with Crippen molar-refractivity contribution in [2.45, 2.75) is 414 Å². The summed E-state index contributed by atoms with van der Waals surface area (Å²) in [7, 11) is -9.91. The van der Waals surface area contributed by atoms with E-state index >= 15 is 0 Å². The van der Waals surface area contributed by atoms with Crippen molar-refractivity contribution in [3.63, 3.8) is 0 Å².